The molecule has 0 fully saturated rings. The van der Waals surface area contributed by atoms with Crippen molar-refractivity contribution in [2.75, 3.05) is 13.6 Å². The van der Waals surface area contributed by atoms with Crippen molar-refractivity contribution in [1.29, 1.82) is 0 Å². The van der Waals surface area contributed by atoms with E-state index in [1.54, 1.807) is 0 Å². The summed E-state index contributed by atoms with van der Waals surface area (Å²) in [5, 5.41) is 1.49. The van der Waals surface area contributed by atoms with Crippen molar-refractivity contribution in [2.24, 2.45) is 0 Å². The van der Waals surface area contributed by atoms with Crippen LogP contribution in [-0.4, -0.2) is 18.5 Å². The first-order valence-electron chi connectivity index (χ1n) is 6.77. The second-order valence-corrected chi connectivity index (χ2v) is 6.46. The smallest absolute Gasteiger partial charge is 0.0468 e. The first-order valence-corrected chi connectivity index (χ1v) is 7.53. The fourth-order valence-electron chi connectivity index (χ4n) is 3.02. The molecule has 1 unspecified atom stereocenters. The van der Waals surface area contributed by atoms with Crippen LogP contribution in [0.1, 0.15) is 28.2 Å². The van der Waals surface area contributed by atoms with Crippen LogP contribution in [0, 0.1) is 6.92 Å². The highest BCUT2D eigenvalue weighted by molar-refractivity contribution is 6.35. The van der Waals surface area contributed by atoms with E-state index in [2.05, 4.69) is 49.2 Å². The maximum atomic E-state index is 6.39. The zero-order valence-electron chi connectivity index (χ0n) is 11.7. The predicted octanol–water partition coefficient (Wildman–Crippen LogP) is 4.88. The summed E-state index contributed by atoms with van der Waals surface area (Å²) in [5.41, 5.74) is 5.09. The number of rotatable bonds is 1. The Hall–Kier alpha value is -1.02. The molecule has 0 amide bonds. The van der Waals surface area contributed by atoms with Gasteiger partial charge in [-0.25, -0.2) is 0 Å². The number of likely N-dealkylation sites (N-methyl/N-ethyl adjacent to an activating group) is 1. The van der Waals surface area contributed by atoms with Gasteiger partial charge in [-0.3, -0.25) is 0 Å². The summed E-state index contributed by atoms with van der Waals surface area (Å²) in [6.07, 6.45) is 0. The summed E-state index contributed by atoms with van der Waals surface area (Å²) >= 11 is 12.6. The van der Waals surface area contributed by atoms with Crippen molar-refractivity contribution in [3.05, 3.63) is 68.7 Å². The second-order valence-electron chi connectivity index (χ2n) is 5.62. The molecule has 2 aromatic rings. The van der Waals surface area contributed by atoms with Gasteiger partial charge in [0.15, 0.2) is 0 Å². The lowest BCUT2D eigenvalue weighted by Crippen LogP contribution is -2.31. The predicted molar refractivity (Wildman–Crippen MR) is 85.8 cm³/mol. The minimum Gasteiger partial charge on any atom is -0.301 e. The third kappa shape index (κ3) is 2.58. The van der Waals surface area contributed by atoms with Crippen LogP contribution in [0.25, 0.3) is 0 Å². The number of aryl methyl sites for hydroxylation is 1. The number of benzene rings is 2. The summed E-state index contributed by atoms with van der Waals surface area (Å²) in [6.45, 7) is 4.00. The van der Waals surface area contributed by atoms with Crippen molar-refractivity contribution in [2.45, 2.75) is 19.4 Å². The first kappa shape index (κ1) is 13.9. The standard InChI is InChI=1S/C17H17Cl2N/c1-11-4-3-5-12(6-11)15-9-20(2)10-16-14(15)7-13(18)8-17(16)19/h3-8,15H,9-10H2,1-2H3. The van der Waals surface area contributed by atoms with Crippen LogP contribution in [-0.2, 0) is 6.54 Å². The van der Waals surface area contributed by atoms with Gasteiger partial charge >= 0.3 is 0 Å². The Morgan fingerprint density at radius 3 is 2.70 bits per heavy atom. The van der Waals surface area contributed by atoms with E-state index in [-0.39, 0.29) is 0 Å². The van der Waals surface area contributed by atoms with Crippen molar-refractivity contribution in [3.63, 3.8) is 0 Å². The third-order valence-corrected chi connectivity index (χ3v) is 4.49. The van der Waals surface area contributed by atoms with E-state index in [1.165, 1.54) is 22.3 Å². The minimum atomic E-state index is 0.333. The maximum Gasteiger partial charge on any atom is 0.0468 e. The largest absolute Gasteiger partial charge is 0.301 e. The fraction of sp³-hybridized carbons (Fsp3) is 0.294. The number of halogens is 2. The number of fused-ring (bicyclic) bond motifs is 1. The van der Waals surface area contributed by atoms with Gasteiger partial charge in [0.05, 0.1) is 0 Å². The van der Waals surface area contributed by atoms with Crippen LogP contribution in [0.3, 0.4) is 0 Å². The SMILES string of the molecule is Cc1cccc(C2CN(C)Cc3c(Cl)cc(Cl)cc32)c1. The highest BCUT2D eigenvalue weighted by Crippen LogP contribution is 2.38. The van der Waals surface area contributed by atoms with Crippen LogP contribution in [0.2, 0.25) is 10.0 Å². The van der Waals surface area contributed by atoms with Crippen molar-refractivity contribution >= 4 is 23.2 Å². The normalized spacial score (nSPS) is 18.9. The molecule has 3 rings (SSSR count). The molecule has 0 aliphatic carbocycles. The van der Waals surface area contributed by atoms with Crippen LogP contribution < -0.4 is 0 Å². The Labute approximate surface area is 130 Å². The monoisotopic (exact) mass is 305 g/mol. The molecule has 0 radical (unpaired) electrons. The molecular weight excluding hydrogens is 289 g/mol. The number of hydrogen-bond donors (Lipinski definition) is 0. The lowest BCUT2D eigenvalue weighted by atomic mass is 9.84. The van der Waals surface area contributed by atoms with E-state index >= 15 is 0 Å². The molecule has 1 aliphatic rings. The van der Waals surface area contributed by atoms with Crippen molar-refractivity contribution in [3.8, 4) is 0 Å². The van der Waals surface area contributed by atoms with Gasteiger partial charge in [0.1, 0.15) is 0 Å². The summed E-state index contributed by atoms with van der Waals surface area (Å²) < 4.78 is 0. The van der Waals surface area contributed by atoms with Gasteiger partial charge in [-0.1, -0.05) is 53.0 Å². The van der Waals surface area contributed by atoms with Gasteiger partial charge in [0.2, 0.25) is 0 Å². The Bertz CT molecular complexity index is 651. The molecule has 0 saturated carbocycles. The van der Waals surface area contributed by atoms with Gasteiger partial charge < -0.3 is 4.90 Å². The highest BCUT2D eigenvalue weighted by atomic mass is 35.5. The van der Waals surface area contributed by atoms with Gasteiger partial charge in [-0.2, -0.15) is 0 Å². The van der Waals surface area contributed by atoms with E-state index in [0.29, 0.717) is 5.92 Å². The zero-order chi connectivity index (χ0) is 14.3. The maximum absolute atomic E-state index is 6.39. The molecule has 20 heavy (non-hydrogen) atoms. The highest BCUT2D eigenvalue weighted by Gasteiger charge is 2.26. The van der Waals surface area contributed by atoms with Crippen LogP contribution in [0.15, 0.2) is 36.4 Å². The first-order chi connectivity index (χ1) is 9.54. The van der Waals surface area contributed by atoms with E-state index in [9.17, 15) is 0 Å². The van der Waals surface area contributed by atoms with Gasteiger partial charge in [0.25, 0.3) is 0 Å². The molecule has 1 aliphatic heterocycles. The minimum absolute atomic E-state index is 0.333. The Morgan fingerprint density at radius 2 is 1.95 bits per heavy atom. The Balaban J connectivity index is 2.15. The molecule has 2 aromatic carbocycles. The lowest BCUT2D eigenvalue weighted by Gasteiger charge is -2.33. The molecule has 0 bridgehead atoms. The summed E-state index contributed by atoms with van der Waals surface area (Å²) in [5.74, 6) is 0.333. The Morgan fingerprint density at radius 1 is 1.15 bits per heavy atom. The summed E-state index contributed by atoms with van der Waals surface area (Å²) in [7, 11) is 2.14. The molecule has 0 spiro atoms. The number of nitrogens with zero attached hydrogens (tertiary/aromatic N) is 1. The van der Waals surface area contributed by atoms with Crippen molar-refractivity contribution in [1.82, 2.24) is 4.90 Å². The van der Waals surface area contributed by atoms with Gasteiger partial charge in [0, 0.05) is 29.1 Å². The summed E-state index contributed by atoms with van der Waals surface area (Å²) in [4.78, 5) is 2.31. The molecule has 1 nitrogen and oxygen atoms in total. The van der Waals surface area contributed by atoms with Crippen LogP contribution in [0.4, 0.5) is 0 Å². The third-order valence-electron chi connectivity index (χ3n) is 3.94. The molecule has 0 N–H and O–H groups in total. The quantitative estimate of drug-likeness (QED) is 0.726. The van der Waals surface area contributed by atoms with Gasteiger partial charge in [-0.05, 0) is 42.8 Å². The summed E-state index contributed by atoms with van der Waals surface area (Å²) in [6, 6.07) is 12.6. The molecular formula is C17H17Cl2N. The van der Waals surface area contributed by atoms with Crippen LogP contribution in [0.5, 0.6) is 0 Å². The molecule has 1 heterocycles. The van der Waals surface area contributed by atoms with Crippen LogP contribution >= 0.6 is 23.2 Å². The molecule has 0 saturated heterocycles. The molecule has 1 atom stereocenters. The number of hydrogen-bond acceptors (Lipinski definition) is 1. The van der Waals surface area contributed by atoms with E-state index in [1.807, 2.05) is 6.07 Å². The zero-order valence-corrected chi connectivity index (χ0v) is 13.2. The Kier molecular flexibility index (Phi) is 3.76. The molecule has 104 valence electrons. The van der Waals surface area contributed by atoms with E-state index in [4.69, 9.17) is 23.2 Å². The second kappa shape index (κ2) is 5.40. The molecule has 3 heteroatoms. The van der Waals surface area contributed by atoms with E-state index in [0.717, 1.165) is 23.1 Å². The fourth-order valence-corrected chi connectivity index (χ4v) is 3.59. The topological polar surface area (TPSA) is 3.24 Å². The average Bonchev–Trinajstić information content (AvgIpc) is 2.39. The van der Waals surface area contributed by atoms with Crippen molar-refractivity contribution < 1.29 is 0 Å². The van der Waals surface area contributed by atoms with Gasteiger partial charge in [-0.15, -0.1) is 0 Å². The van der Waals surface area contributed by atoms with E-state index < -0.39 is 0 Å². The average molecular weight is 306 g/mol. The lowest BCUT2D eigenvalue weighted by molar-refractivity contribution is 0.295. The molecule has 0 aromatic heterocycles.